The number of nitrogens with zero attached hydrogens (tertiary/aromatic N) is 4. The molecule has 0 amide bonds. The van der Waals surface area contributed by atoms with Gasteiger partial charge in [0.1, 0.15) is 5.82 Å². The van der Waals surface area contributed by atoms with Crippen LogP contribution in [0.2, 0.25) is 0 Å². The van der Waals surface area contributed by atoms with Crippen molar-refractivity contribution in [1.82, 2.24) is 9.97 Å². The Hall–Kier alpha value is -4.52. The number of nitrogens with one attached hydrogen (secondary N) is 3. The van der Waals surface area contributed by atoms with E-state index in [9.17, 15) is 0 Å². The fourth-order valence-electron chi connectivity index (χ4n) is 5.05. The lowest BCUT2D eigenvalue weighted by molar-refractivity contribution is 1.10. The van der Waals surface area contributed by atoms with Crippen molar-refractivity contribution in [3.8, 4) is 0 Å². The molecule has 3 N–H and O–H groups in total. The second kappa shape index (κ2) is 12.3. The van der Waals surface area contributed by atoms with Gasteiger partial charge in [0.25, 0.3) is 0 Å². The molecule has 0 aliphatic heterocycles. The zero-order valence-electron chi connectivity index (χ0n) is 25.9. The van der Waals surface area contributed by atoms with E-state index in [-0.39, 0.29) is 0 Å². The fourth-order valence-corrected chi connectivity index (χ4v) is 5.05. The largest absolute Gasteiger partial charge is 0.340 e. The summed E-state index contributed by atoms with van der Waals surface area (Å²) in [6.45, 7) is 21.5. The van der Waals surface area contributed by atoms with Crippen LogP contribution in [-0.4, -0.2) is 22.4 Å². The molecule has 0 spiro atoms. The molecule has 0 saturated carbocycles. The smallest absolute Gasteiger partial charge is 0.247 e. The first kappa shape index (κ1) is 29.5. The van der Waals surface area contributed by atoms with E-state index < -0.39 is 0 Å². The number of hydrazone groups is 2. The molecule has 0 saturated heterocycles. The molecule has 41 heavy (non-hydrogen) atoms. The molecule has 1 aromatic heterocycles. The number of rotatable bonds is 8. The number of benzene rings is 3. The average molecular weight is 548 g/mol. The number of aromatic nitrogens is 2. The van der Waals surface area contributed by atoms with Gasteiger partial charge >= 0.3 is 0 Å². The van der Waals surface area contributed by atoms with Crippen molar-refractivity contribution in [1.29, 1.82) is 0 Å². The van der Waals surface area contributed by atoms with Crippen LogP contribution in [0, 0.1) is 69.2 Å². The molecule has 1 heterocycles. The molecule has 0 aliphatic carbocycles. The fraction of sp³-hybridized carbons (Fsp3) is 0.294. The molecule has 0 fully saturated rings. The van der Waals surface area contributed by atoms with Gasteiger partial charge in [-0.3, -0.25) is 5.43 Å². The van der Waals surface area contributed by atoms with Crippen LogP contribution in [0.4, 0.5) is 23.3 Å². The first-order chi connectivity index (χ1) is 19.5. The lowest BCUT2D eigenvalue weighted by Crippen LogP contribution is -2.06. The predicted octanol–water partition coefficient (Wildman–Crippen LogP) is 8.20. The van der Waals surface area contributed by atoms with Gasteiger partial charge in [-0.15, -0.1) is 0 Å². The van der Waals surface area contributed by atoms with Gasteiger partial charge in [0, 0.05) is 22.9 Å². The van der Waals surface area contributed by atoms with Crippen LogP contribution in [0.15, 0.2) is 46.6 Å². The highest BCUT2D eigenvalue weighted by atomic mass is 15.4. The van der Waals surface area contributed by atoms with E-state index in [4.69, 9.17) is 0 Å². The summed E-state index contributed by atoms with van der Waals surface area (Å²) in [5, 5.41) is 12.4. The van der Waals surface area contributed by atoms with Crippen molar-refractivity contribution in [2.24, 2.45) is 10.2 Å². The van der Waals surface area contributed by atoms with Gasteiger partial charge in [0.15, 0.2) is 5.82 Å². The lowest BCUT2D eigenvalue weighted by atomic mass is 9.90. The maximum absolute atomic E-state index is 4.64. The first-order valence-electron chi connectivity index (χ1n) is 13.9. The molecular weight excluding hydrogens is 506 g/mol. The van der Waals surface area contributed by atoms with Gasteiger partial charge in [-0.05, 0) is 137 Å². The minimum atomic E-state index is 0.352. The standard InChI is InChI=1S/C34H41N7/c1-19-21(3)25(7)30(26(8)22(19)4)17-35-40-33-16-32(37-29-14-12-11-13-15-29)38-34(39-33)41-36-18-31-27(9)23(5)20(2)24(6)28(31)10/h11-18H,1-10H3,(H3,37,38,39,40,41). The Labute approximate surface area is 244 Å². The van der Waals surface area contributed by atoms with Gasteiger partial charge in [-0.25, -0.2) is 5.43 Å². The molecule has 0 unspecified atom stereocenters. The summed E-state index contributed by atoms with van der Waals surface area (Å²) in [7, 11) is 0. The van der Waals surface area contributed by atoms with Crippen LogP contribution in [-0.2, 0) is 0 Å². The van der Waals surface area contributed by atoms with Crippen LogP contribution in [0.25, 0.3) is 0 Å². The Balaban J connectivity index is 1.64. The molecule has 4 rings (SSSR count). The van der Waals surface area contributed by atoms with Crippen LogP contribution in [0.5, 0.6) is 0 Å². The highest BCUT2D eigenvalue weighted by molar-refractivity contribution is 5.86. The van der Waals surface area contributed by atoms with Gasteiger partial charge in [-0.2, -0.15) is 20.2 Å². The van der Waals surface area contributed by atoms with Crippen molar-refractivity contribution >= 4 is 35.7 Å². The third kappa shape index (κ3) is 6.30. The van der Waals surface area contributed by atoms with Gasteiger partial charge in [0.05, 0.1) is 12.4 Å². The van der Waals surface area contributed by atoms with E-state index in [1.165, 1.54) is 55.6 Å². The second-order valence-corrected chi connectivity index (χ2v) is 10.8. The highest BCUT2D eigenvalue weighted by Gasteiger charge is 2.12. The Morgan fingerprint density at radius 2 is 0.927 bits per heavy atom. The molecule has 4 aromatic rings. The van der Waals surface area contributed by atoms with Gasteiger partial charge in [0.2, 0.25) is 5.95 Å². The molecule has 0 bridgehead atoms. The van der Waals surface area contributed by atoms with Crippen LogP contribution >= 0.6 is 0 Å². The summed E-state index contributed by atoms with van der Waals surface area (Å²) in [6, 6.07) is 11.7. The number of para-hydroxylation sites is 1. The van der Waals surface area contributed by atoms with Crippen LogP contribution < -0.4 is 16.2 Å². The SMILES string of the molecule is Cc1c(C)c(C)c(C=NNc2cc(Nc3ccccc3)nc(NN=Cc3c(C)c(C)c(C)c(C)c3C)n2)c(C)c1C. The zero-order valence-corrected chi connectivity index (χ0v) is 25.9. The lowest BCUT2D eigenvalue weighted by Gasteiger charge is -2.16. The minimum Gasteiger partial charge on any atom is -0.340 e. The Morgan fingerprint density at radius 3 is 1.41 bits per heavy atom. The van der Waals surface area contributed by atoms with Crippen LogP contribution in [0.1, 0.15) is 66.8 Å². The van der Waals surface area contributed by atoms with Crippen LogP contribution in [0.3, 0.4) is 0 Å². The van der Waals surface area contributed by atoms with Crippen molar-refractivity contribution < 1.29 is 0 Å². The Kier molecular flexibility index (Phi) is 8.86. The van der Waals surface area contributed by atoms with Gasteiger partial charge in [-0.1, -0.05) is 18.2 Å². The minimum absolute atomic E-state index is 0.352. The van der Waals surface area contributed by atoms with E-state index >= 15 is 0 Å². The topological polar surface area (TPSA) is 86.6 Å². The summed E-state index contributed by atoms with van der Waals surface area (Å²) in [4.78, 5) is 9.27. The monoisotopic (exact) mass is 547 g/mol. The molecule has 0 atom stereocenters. The predicted molar refractivity (Wildman–Crippen MR) is 174 cm³/mol. The summed E-state index contributed by atoms with van der Waals surface area (Å²) in [5.41, 5.74) is 22.0. The maximum atomic E-state index is 4.64. The summed E-state index contributed by atoms with van der Waals surface area (Å²) < 4.78 is 0. The Bertz CT molecular complexity index is 1490. The van der Waals surface area contributed by atoms with E-state index in [0.29, 0.717) is 17.6 Å². The van der Waals surface area contributed by atoms with Crippen molar-refractivity contribution in [2.45, 2.75) is 69.2 Å². The average Bonchev–Trinajstić information content (AvgIpc) is 2.97. The number of anilines is 4. The molecule has 212 valence electrons. The Morgan fingerprint density at radius 1 is 0.512 bits per heavy atom. The zero-order chi connectivity index (χ0) is 29.8. The first-order valence-corrected chi connectivity index (χ1v) is 13.9. The molecule has 7 nitrogen and oxygen atoms in total. The highest BCUT2D eigenvalue weighted by Crippen LogP contribution is 2.26. The third-order valence-corrected chi connectivity index (χ3v) is 8.62. The quantitative estimate of drug-likeness (QED) is 0.153. The van der Waals surface area contributed by atoms with E-state index in [1.807, 2.05) is 48.8 Å². The molecular formula is C34H41N7. The summed E-state index contributed by atoms with van der Waals surface area (Å²) in [5.74, 6) is 1.51. The van der Waals surface area contributed by atoms with Crippen molar-refractivity contribution in [3.05, 3.63) is 103 Å². The molecule has 0 radical (unpaired) electrons. The molecule has 7 heteroatoms. The van der Waals surface area contributed by atoms with E-state index in [2.05, 4.69) is 106 Å². The van der Waals surface area contributed by atoms with Crippen molar-refractivity contribution in [3.63, 3.8) is 0 Å². The molecule has 3 aromatic carbocycles. The number of hydrogen-bond acceptors (Lipinski definition) is 7. The van der Waals surface area contributed by atoms with Gasteiger partial charge < -0.3 is 5.32 Å². The summed E-state index contributed by atoms with van der Waals surface area (Å²) in [6.07, 6.45) is 3.72. The van der Waals surface area contributed by atoms with E-state index in [0.717, 1.165) is 16.8 Å². The van der Waals surface area contributed by atoms with E-state index in [1.54, 1.807) is 0 Å². The molecule has 0 aliphatic rings. The third-order valence-electron chi connectivity index (χ3n) is 8.62. The normalized spacial score (nSPS) is 11.5. The summed E-state index contributed by atoms with van der Waals surface area (Å²) >= 11 is 0. The van der Waals surface area contributed by atoms with Crippen molar-refractivity contribution in [2.75, 3.05) is 16.2 Å². The maximum Gasteiger partial charge on any atom is 0.247 e. The second-order valence-electron chi connectivity index (χ2n) is 10.8. The number of hydrogen-bond donors (Lipinski definition) is 3.